The average molecular weight is 499 g/mol. The van der Waals surface area contributed by atoms with E-state index in [-0.39, 0.29) is 6.04 Å². The predicted molar refractivity (Wildman–Crippen MR) is 134 cm³/mol. The summed E-state index contributed by atoms with van der Waals surface area (Å²) in [5, 5.41) is 14.9. The molecule has 1 atom stereocenters. The first-order valence-corrected chi connectivity index (χ1v) is 11.8. The lowest BCUT2D eigenvalue weighted by Gasteiger charge is -2.22. The molecule has 1 aromatic carbocycles. The minimum Gasteiger partial charge on any atom is -0.383 e. The minimum atomic E-state index is 0.162. The molecule has 0 spiro atoms. The van der Waals surface area contributed by atoms with Crippen molar-refractivity contribution < 1.29 is 4.74 Å². The van der Waals surface area contributed by atoms with Crippen LogP contribution in [0.2, 0.25) is 0 Å². The highest BCUT2D eigenvalue weighted by atomic mass is 79.9. The van der Waals surface area contributed by atoms with Gasteiger partial charge in [0.25, 0.3) is 0 Å². The summed E-state index contributed by atoms with van der Waals surface area (Å²) in [4.78, 5) is 4.74. The number of allylic oxidation sites excluding steroid dienone is 1. The fraction of sp³-hybridized carbons (Fsp3) is 0.417. The summed E-state index contributed by atoms with van der Waals surface area (Å²) in [6, 6.07) is 10.6. The van der Waals surface area contributed by atoms with Crippen LogP contribution in [0.1, 0.15) is 32.3 Å². The maximum absolute atomic E-state index is 5.38. The Bertz CT molecular complexity index is 1070. The number of methoxy groups -OCH3 is 1. The van der Waals surface area contributed by atoms with Crippen molar-refractivity contribution in [3.8, 4) is 0 Å². The van der Waals surface area contributed by atoms with Gasteiger partial charge in [0.1, 0.15) is 11.6 Å². The van der Waals surface area contributed by atoms with E-state index in [4.69, 9.17) is 9.72 Å². The normalized spacial score (nSPS) is 14.5. The lowest BCUT2D eigenvalue weighted by atomic mass is 10.1. The van der Waals surface area contributed by atoms with Crippen molar-refractivity contribution >= 4 is 38.9 Å². The molecule has 2 heterocycles. The Kier molecular flexibility index (Phi) is 7.01. The summed E-state index contributed by atoms with van der Waals surface area (Å²) in [6.07, 6.45) is 4.26. The first-order valence-electron chi connectivity index (χ1n) is 11.0. The maximum atomic E-state index is 5.38. The second-order valence-electron chi connectivity index (χ2n) is 8.68. The average Bonchev–Trinajstić information content (AvgIpc) is 3.56. The zero-order chi connectivity index (χ0) is 22.7. The van der Waals surface area contributed by atoms with Crippen molar-refractivity contribution in [1.29, 1.82) is 0 Å². The van der Waals surface area contributed by atoms with E-state index < -0.39 is 0 Å². The quantitative estimate of drug-likeness (QED) is 0.323. The molecule has 3 N–H and O–H groups in total. The van der Waals surface area contributed by atoms with Gasteiger partial charge in [-0.1, -0.05) is 32.6 Å². The van der Waals surface area contributed by atoms with Crippen LogP contribution in [0.15, 0.2) is 53.3 Å². The molecule has 0 saturated heterocycles. The molecule has 4 rings (SSSR count). The molecule has 0 radical (unpaired) electrons. The Balaban J connectivity index is 1.48. The van der Waals surface area contributed by atoms with Gasteiger partial charge in [0.15, 0.2) is 5.65 Å². The lowest BCUT2D eigenvalue weighted by molar-refractivity contribution is 0.171. The highest BCUT2D eigenvalue weighted by Crippen LogP contribution is 2.35. The molecule has 8 heteroatoms. The van der Waals surface area contributed by atoms with Crippen molar-refractivity contribution in [3.63, 3.8) is 0 Å². The largest absolute Gasteiger partial charge is 0.383 e. The van der Waals surface area contributed by atoms with Gasteiger partial charge in [0.2, 0.25) is 0 Å². The number of benzene rings is 1. The fourth-order valence-electron chi connectivity index (χ4n) is 3.52. The van der Waals surface area contributed by atoms with Gasteiger partial charge >= 0.3 is 0 Å². The van der Waals surface area contributed by atoms with Gasteiger partial charge < -0.3 is 20.7 Å². The lowest BCUT2D eigenvalue weighted by Crippen LogP contribution is -2.31. The topological polar surface area (TPSA) is 75.5 Å². The molecule has 7 nitrogen and oxygen atoms in total. The van der Waals surface area contributed by atoms with Gasteiger partial charge in [-0.2, -0.15) is 9.61 Å². The van der Waals surface area contributed by atoms with Crippen LogP contribution in [-0.4, -0.2) is 34.4 Å². The Morgan fingerprint density at radius 1 is 1.28 bits per heavy atom. The van der Waals surface area contributed by atoms with Crippen LogP contribution >= 0.6 is 15.9 Å². The number of anilines is 3. The maximum Gasteiger partial charge on any atom is 0.173 e. The van der Waals surface area contributed by atoms with E-state index in [9.17, 15) is 0 Å². The van der Waals surface area contributed by atoms with Crippen molar-refractivity contribution in [3.05, 3.63) is 58.8 Å². The van der Waals surface area contributed by atoms with Crippen LogP contribution in [0.25, 0.3) is 5.65 Å². The van der Waals surface area contributed by atoms with E-state index >= 15 is 0 Å². The standard InChI is InChI=1S/C24H31BrN6O/c1-15(2)21(14-32-4)29-22-11-23(31-24(30-22)20(25)13-27-31)26-12-17-5-9-19(10-6-17)28-16(3)18-7-8-18/h5-6,9-11,13,15,18,21,26,28H,3,7-8,12,14H2,1-2,4H3,(H,29,30)/t21-/m0/s1. The van der Waals surface area contributed by atoms with Gasteiger partial charge in [0.05, 0.1) is 23.3 Å². The Hall–Kier alpha value is -2.58. The Morgan fingerprint density at radius 3 is 2.69 bits per heavy atom. The van der Waals surface area contributed by atoms with E-state index in [2.05, 4.69) is 81.7 Å². The Morgan fingerprint density at radius 2 is 2.03 bits per heavy atom. The minimum absolute atomic E-state index is 0.162. The van der Waals surface area contributed by atoms with Crippen LogP contribution in [0, 0.1) is 11.8 Å². The van der Waals surface area contributed by atoms with Crippen LogP contribution in [-0.2, 0) is 11.3 Å². The van der Waals surface area contributed by atoms with E-state index in [0.29, 0.717) is 25.0 Å². The van der Waals surface area contributed by atoms with E-state index in [1.165, 1.54) is 18.4 Å². The summed E-state index contributed by atoms with van der Waals surface area (Å²) in [5.41, 5.74) is 4.14. The number of hydrogen-bond donors (Lipinski definition) is 3. The molecule has 3 aromatic rings. The Labute approximate surface area is 197 Å². The predicted octanol–water partition coefficient (Wildman–Crippen LogP) is 5.52. The molecule has 2 aromatic heterocycles. The third-order valence-corrected chi connectivity index (χ3v) is 6.28. The number of hydrogen-bond acceptors (Lipinski definition) is 6. The number of rotatable bonds is 11. The van der Waals surface area contributed by atoms with Crippen molar-refractivity contribution in [2.75, 3.05) is 29.7 Å². The number of fused-ring (bicyclic) bond motifs is 1. The molecule has 0 aliphatic heterocycles. The highest BCUT2D eigenvalue weighted by Gasteiger charge is 2.24. The van der Waals surface area contributed by atoms with Crippen molar-refractivity contribution in [2.45, 2.75) is 39.3 Å². The zero-order valence-electron chi connectivity index (χ0n) is 18.9. The monoisotopic (exact) mass is 498 g/mol. The van der Waals surface area contributed by atoms with Crippen molar-refractivity contribution in [1.82, 2.24) is 14.6 Å². The zero-order valence-corrected chi connectivity index (χ0v) is 20.4. The number of aromatic nitrogens is 3. The van der Waals surface area contributed by atoms with Crippen LogP contribution in [0.5, 0.6) is 0 Å². The molecule has 0 unspecified atom stereocenters. The molecule has 1 saturated carbocycles. The fourth-order valence-corrected chi connectivity index (χ4v) is 3.87. The third kappa shape index (κ3) is 5.42. The molecule has 1 aliphatic rings. The summed E-state index contributed by atoms with van der Waals surface area (Å²) in [7, 11) is 1.72. The molecular weight excluding hydrogens is 468 g/mol. The summed E-state index contributed by atoms with van der Waals surface area (Å²) in [5.74, 6) is 2.70. The third-order valence-electron chi connectivity index (χ3n) is 5.72. The smallest absolute Gasteiger partial charge is 0.173 e. The first-order chi connectivity index (χ1) is 15.4. The van der Waals surface area contributed by atoms with E-state index in [1.54, 1.807) is 13.3 Å². The summed E-state index contributed by atoms with van der Waals surface area (Å²) < 4.78 is 8.04. The highest BCUT2D eigenvalue weighted by molar-refractivity contribution is 9.10. The molecule has 1 fully saturated rings. The molecule has 1 aliphatic carbocycles. The number of nitrogens with one attached hydrogen (secondary N) is 3. The van der Waals surface area contributed by atoms with Crippen molar-refractivity contribution in [2.24, 2.45) is 11.8 Å². The van der Waals surface area contributed by atoms with Gasteiger partial charge in [-0.25, -0.2) is 4.98 Å². The molecule has 170 valence electrons. The van der Waals surface area contributed by atoms with Gasteiger partial charge in [-0.05, 0) is 58.3 Å². The second kappa shape index (κ2) is 9.92. The number of nitrogens with zero attached hydrogens (tertiary/aromatic N) is 3. The molecule has 32 heavy (non-hydrogen) atoms. The second-order valence-corrected chi connectivity index (χ2v) is 9.53. The SMILES string of the molecule is C=C(Nc1ccc(CNc2cc(N[C@@H](COC)C(C)C)nc3c(Br)cnn23)cc1)C1CC1. The number of ether oxygens (including phenoxy) is 1. The first kappa shape index (κ1) is 22.6. The molecular formula is C24H31BrN6O. The van der Waals surface area contributed by atoms with Gasteiger partial charge in [-0.3, -0.25) is 0 Å². The van der Waals surface area contributed by atoms with E-state index in [0.717, 1.165) is 33.1 Å². The molecule has 0 amide bonds. The van der Waals surface area contributed by atoms with Crippen LogP contribution in [0.3, 0.4) is 0 Å². The summed E-state index contributed by atoms with van der Waals surface area (Å²) in [6.45, 7) is 9.76. The van der Waals surface area contributed by atoms with Crippen LogP contribution in [0.4, 0.5) is 17.3 Å². The summed E-state index contributed by atoms with van der Waals surface area (Å²) >= 11 is 3.56. The van der Waals surface area contributed by atoms with Gasteiger partial charge in [-0.15, -0.1) is 0 Å². The molecule has 0 bridgehead atoms. The van der Waals surface area contributed by atoms with Gasteiger partial charge in [0, 0.05) is 31.1 Å². The van der Waals surface area contributed by atoms with Crippen LogP contribution < -0.4 is 16.0 Å². The number of halogens is 1. The van der Waals surface area contributed by atoms with E-state index in [1.807, 2.05) is 10.6 Å².